The van der Waals surface area contributed by atoms with E-state index in [0.29, 0.717) is 12.5 Å². The van der Waals surface area contributed by atoms with E-state index >= 15 is 0 Å². The number of urea groups is 1. The Balaban J connectivity index is 2.82. The van der Waals surface area contributed by atoms with Gasteiger partial charge in [-0.25, -0.2) is 9.59 Å². The van der Waals surface area contributed by atoms with Gasteiger partial charge in [0.25, 0.3) is 0 Å². The van der Waals surface area contributed by atoms with Gasteiger partial charge in [0, 0.05) is 19.6 Å². The van der Waals surface area contributed by atoms with Crippen LogP contribution in [0.5, 0.6) is 0 Å². The van der Waals surface area contributed by atoms with Crippen LogP contribution >= 0.6 is 0 Å². The number of piperidine rings is 1. The molecule has 0 aromatic rings. The third-order valence-electron chi connectivity index (χ3n) is 3.67. The van der Waals surface area contributed by atoms with Crippen molar-refractivity contribution in [2.75, 3.05) is 19.6 Å². The normalized spacial score (nSPS) is 20.7. The second-order valence-corrected chi connectivity index (χ2v) is 5.58. The highest BCUT2D eigenvalue weighted by Crippen LogP contribution is 2.21. The largest absolute Gasteiger partial charge is 0.480 e. The maximum atomic E-state index is 12.4. The molecule has 1 unspecified atom stereocenters. The quantitative estimate of drug-likeness (QED) is 0.840. The summed E-state index contributed by atoms with van der Waals surface area (Å²) >= 11 is 0. The van der Waals surface area contributed by atoms with Gasteiger partial charge >= 0.3 is 12.0 Å². The molecule has 1 aliphatic heterocycles. The molecule has 2 amide bonds. The molecule has 1 atom stereocenters. The summed E-state index contributed by atoms with van der Waals surface area (Å²) in [6, 6.07) is -0.156. The van der Waals surface area contributed by atoms with Crippen LogP contribution in [0, 0.1) is 5.92 Å². The average Bonchev–Trinajstić information content (AvgIpc) is 2.29. The van der Waals surface area contributed by atoms with E-state index in [1.807, 2.05) is 6.92 Å². The first-order chi connectivity index (χ1) is 8.30. The van der Waals surface area contributed by atoms with Crippen molar-refractivity contribution in [3.8, 4) is 0 Å². The number of carbonyl (C=O) groups excluding carboxylic acids is 1. The fraction of sp³-hybridized carbons (Fsp3) is 0.846. The van der Waals surface area contributed by atoms with Gasteiger partial charge in [-0.15, -0.1) is 0 Å². The molecule has 5 nitrogen and oxygen atoms in total. The average molecular weight is 256 g/mol. The number of rotatable bonds is 3. The lowest BCUT2D eigenvalue weighted by Crippen LogP contribution is -2.58. The van der Waals surface area contributed by atoms with Crippen LogP contribution in [-0.2, 0) is 4.79 Å². The Morgan fingerprint density at radius 1 is 1.44 bits per heavy atom. The predicted molar refractivity (Wildman–Crippen MR) is 69.5 cm³/mol. The van der Waals surface area contributed by atoms with E-state index in [4.69, 9.17) is 0 Å². The van der Waals surface area contributed by atoms with Crippen molar-refractivity contribution < 1.29 is 14.7 Å². The first kappa shape index (κ1) is 14.8. The summed E-state index contributed by atoms with van der Waals surface area (Å²) in [4.78, 5) is 26.9. The molecule has 1 saturated heterocycles. The minimum Gasteiger partial charge on any atom is -0.480 e. The number of hydrogen-bond donors (Lipinski definition) is 1. The maximum absolute atomic E-state index is 12.4. The number of hydrogen-bond acceptors (Lipinski definition) is 2. The van der Waals surface area contributed by atoms with Crippen molar-refractivity contribution >= 4 is 12.0 Å². The van der Waals surface area contributed by atoms with Gasteiger partial charge in [-0.1, -0.05) is 6.92 Å². The molecule has 0 aromatic carbocycles. The van der Waals surface area contributed by atoms with Crippen molar-refractivity contribution in [1.82, 2.24) is 9.80 Å². The minimum absolute atomic E-state index is 0.156. The maximum Gasteiger partial charge on any atom is 0.329 e. The summed E-state index contributed by atoms with van der Waals surface area (Å²) in [7, 11) is 0. The molecule has 0 saturated carbocycles. The van der Waals surface area contributed by atoms with Crippen LogP contribution in [0.4, 0.5) is 4.79 Å². The Labute approximate surface area is 109 Å². The third-order valence-corrected chi connectivity index (χ3v) is 3.67. The Bertz CT molecular complexity index is 328. The second kappa shape index (κ2) is 5.59. The van der Waals surface area contributed by atoms with Gasteiger partial charge in [0.05, 0.1) is 0 Å². The summed E-state index contributed by atoms with van der Waals surface area (Å²) in [6.45, 7) is 8.95. The first-order valence-electron chi connectivity index (χ1n) is 6.60. The number of nitrogens with zero attached hydrogens (tertiary/aromatic N) is 2. The Morgan fingerprint density at radius 2 is 2.06 bits per heavy atom. The van der Waals surface area contributed by atoms with Gasteiger partial charge < -0.3 is 14.9 Å². The molecule has 0 spiro atoms. The molecule has 0 aromatic heterocycles. The Morgan fingerprint density at radius 3 is 2.50 bits per heavy atom. The molecule has 1 rings (SSSR count). The SMILES string of the molecule is CCN(C(=O)N1CCCC(C)C1)C(C)(C)C(=O)O. The predicted octanol–water partition coefficient (Wildman–Crippen LogP) is 2.02. The number of carbonyl (C=O) groups is 2. The van der Waals surface area contributed by atoms with Crippen molar-refractivity contribution in [3.05, 3.63) is 0 Å². The van der Waals surface area contributed by atoms with E-state index in [2.05, 4.69) is 6.92 Å². The van der Waals surface area contributed by atoms with Gasteiger partial charge in [0.15, 0.2) is 0 Å². The molecule has 5 heteroatoms. The van der Waals surface area contributed by atoms with Crippen LogP contribution in [-0.4, -0.2) is 52.1 Å². The van der Waals surface area contributed by atoms with Gasteiger partial charge in [-0.3, -0.25) is 0 Å². The third kappa shape index (κ3) is 2.94. The van der Waals surface area contributed by atoms with E-state index in [1.165, 1.54) is 4.90 Å². The van der Waals surface area contributed by atoms with Gasteiger partial charge in [0.2, 0.25) is 0 Å². The molecular weight excluding hydrogens is 232 g/mol. The van der Waals surface area contributed by atoms with E-state index in [1.54, 1.807) is 18.7 Å². The fourth-order valence-electron chi connectivity index (χ4n) is 2.42. The second-order valence-electron chi connectivity index (χ2n) is 5.58. The summed E-state index contributed by atoms with van der Waals surface area (Å²) in [5, 5.41) is 9.23. The molecule has 1 heterocycles. The lowest BCUT2D eigenvalue weighted by molar-refractivity contribution is -0.147. The summed E-state index contributed by atoms with van der Waals surface area (Å²) < 4.78 is 0. The smallest absolute Gasteiger partial charge is 0.329 e. The van der Waals surface area contributed by atoms with Crippen molar-refractivity contribution in [2.45, 2.75) is 46.1 Å². The van der Waals surface area contributed by atoms with Crippen molar-refractivity contribution in [1.29, 1.82) is 0 Å². The Hall–Kier alpha value is -1.26. The van der Waals surface area contributed by atoms with E-state index < -0.39 is 11.5 Å². The van der Waals surface area contributed by atoms with Crippen LogP contribution in [0.3, 0.4) is 0 Å². The van der Waals surface area contributed by atoms with E-state index in [-0.39, 0.29) is 6.03 Å². The standard InChI is InChI=1S/C13H24N2O3/c1-5-15(13(3,4)11(16)17)12(18)14-8-6-7-10(2)9-14/h10H,5-9H2,1-4H3,(H,16,17). The highest BCUT2D eigenvalue weighted by atomic mass is 16.4. The number of likely N-dealkylation sites (N-methyl/N-ethyl adjacent to an activating group) is 1. The van der Waals surface area contributed by atoms with Crippen molar-refractivity contribution in [3.63, 3.8) is 0 Å². The molecule has 0 aliphatic carbocycles. The molecule has 18 heavy (non-hydrogen) atoms. The van der Waals surface area contributed by atoms with Crippen LogP contribution in [0.2, 0.25) is 0 Å². The molecule has 0 radical (unpaired) electrons. The van der Waals surface area contributed by atoms with E-state index in [9.17, 15) is 14.7 Å². The zero-order valence-electron chi connectivity index (χ0n) is 11.8. The minimum atomic E-state index is -1.16. The topological polar surface area (TPSA) is 60.9 Å². The van der Waals surface area contributed by atoms with Gasteiger partial charge in [-0.05, 0) is 39.5 Å². The van der Waals surface area contributed by atoms with Crippen LogP contribution in [0.25, 0.3) is 0 Å². The Kier molecular flexibility index (Phi) is 4.59. The lowest BCUT2D eigenvalue weighted by Gasteiger charge is -2.40. The zero-order valence-corrected chi connectivity index (χ0v) is 11.8. The number of amides is 2. The number of aliphatic carboxylic acids is 1. The first-order valence-corrected chi connectivity index (χ1v) is 6.60. The van der Waals surface area contributed by atoms with E-state index in [0.717, 1.165) is 25.9 Å². The molecule has 1 aliphatic rings. The molecule has 0 bridgehead atoms. The number of carboxylic acids is 1. The van der Waals surface area contributed by atoms with Crippen LogP contribution in [0.15, 0.2) is 0 Å². The molecule has 104 valence electrons. The van der Waals surface area contributed by atoms with Crippen LogP contribution < -0.4 is 0 Å². The monoisotopic (exact) mass is 256 g/mol. The van der Waals surface area contributed by atoms with Crippen molar-refractivity contribution in [2.24, 2.45) is 5.92 Å². The summed E-state index contributed by atoms with van der Waals surface area (Å²) in [6.07, 6.45) is 2.14. The fourth-order valence-corrected chi connectivity index (χ4v) is 2.42. The molecule has 1 N–H and O–H groups in total. The lowest BCUT2D eigenvalue weighted by atomic mass is 9.99. The summed E-state index contributed by atoms with van der Waals surface area (Å²) in [5.74, 6) is -0.475. The van der Waals surface area contributed by atoms with Gasteiger partial charge in [0.1, 0.15) is 5.54 Å². The number of carboxylic acid groups (broad SMARTS) is 1. The zero-order chi connectivity index (χ0) is 13.9. The molecule has 1 fully saturated rings. The summed E-state index contributed by atoms with van der Waals surface area (Å²) in [5.41, 5.74) is -1.16. The number of likely N-dealkylation sites (tertiary alicyclic amines) is 1. The van der Waals surface area contributed by atoms with Crippen LogP contribution in [0.1, 0.15) is 40.5 Å². The highest BCUT2D eigenvalue weighted by Gasteiger charge is 2.39. The molecular formula is C13H24N2O3. The highest BCUT2D eigenvalue weighted by molar-refractivity contribution is 5.85. The van der Waals surface area contributed by atoms with Gasteiger partial charge in [-0.2, -0.15) is 0 Å².